The van der Waals surface area contributed by atoms with Gasteiger partial charge in [0, 0.05) is 31.7 Å². The second kappa shape index (κ2) is 9.96. The number of hydrogen-bond donors (Lipinski definition) is 2. The molecule has 0 spiro atoms. The molecule has 5 nitrogen and oxygen atoms in total. The van der Waals surface area contributed by atoms with Crippen molar-refractivity contribution in [3.8, 4) is 0 Å². The monoisotopic (exact) mass is 421 g/mol. The third kappa shape index (κ3) is 5.43. The van der Waals surface area contributed by atoms with Gasteiger partial charge in [0.15, 0.2) is 0 Å². The summed E-state index contributed by atoms with van der Waals surface area (Å²) in [6.45, 7) is 2.25. The molecule has 134 valence electrons. The molecule has 1 aliphatic rings. The van der Waals surface area contributed by atoms with Gasteiger partial charge in [-0.3, -0.25) is 9.59 Å². The van der Waals surface area contributed by atoms with Gasteiger partial charge in [0.25, 0.3) is 5.91 Å². The maximum absolute atomic E-state index is 13.6. The lowest BCUT2D eigenvalue weighted by atomic mass is 9.96. The summed E-state index contributed by atoms with van der Waals surface area (Å²) < 4.78 is 13.9. The Morgan fingerprint density at radius 3 is 2.79 bits per heavy atom. The van der Waals surface area contributed by atoms with E-state index in [-0.39, 0.29) is 30.1 Å². The van der Waals surface area contributed by atoms with Crippen molar-refractivity contribution in [2.24, 2.45) is 5.92 Å². The van der Waals surface area contributed by atoms with Crippen LogP contribution in [0, 0.1) is 11.7 Å². The van der Waals surface area contributed by atoms with Crippen molar-refractivity contribution in [1.29, 1.82) is 0 Å². The fourth-order valence-corrected chi connectivity index (χ4v) is 2.89. The van der Waals surface area contributed by atoms with Crippen LogP contribution in [0.25, 0.3) is 0 Å². The quantitative estimate of drug-likeness (QED) is 0.715. The van der Waals surface area contributed by atoms with Crippen molar-refractivity contribution in [2.75, 3.05) is 33.2 Å². The van der Waals surface area contributed by atoms with Gasteiger partial charge < -0.3 is 15.5 Å². The molecule has 2 N–H and O–H groups in total. The highest BCUT2D eigenvalue weighted by Crippen LogP contribution is 2.21. The minimum atomic E-state index is -0.464. The van der Waals surface area contributed by atoms with E-state index >= 15 is 0 Å². The summed E-state index contributed by atoms with van der Waals surface area (Å²) in [4.78, 5) is 26.3. The number of piperidine rings is 1. The minimum Gasteiger partial charge on any atom is -0.355 e. The number of carbonyl (C=O) groups excluding carboxylic acids is 2. The van der Waals surface area contributed by atoms with Crippen LogP contribution in [0.4, 0.5) is 4.39 Å². The number of carbonyl (C=O) groups is 2. The summed E-state index contributed by atoms with van der Waals surface area (Å²) in [5, 5.41) is 5.83. The van der Waals surface area contributed by atoms with E-state index in [1.54, 1.807) is 11.0 Å². The molecular formula is C16H22BrClFN3O2. The lowest BCUT2D eigenvalue weighted by molar-refractivity contribution is -0.126. The number of amides is 2. The number of rotatable bonds is 5. The normalized spacial score (nSPS) is 17.1. The maximum atomic E-state index is 13.6. The van der Waals surface area contributed by atoms with E-state index in [2.05, 4.69) is 26.6 Å². The first kappa shape index (κ1) is 20.9. The van der Waals surface area contributed by atoms with Gasteiger partial charge >= 0.3 is 0 Å². The predicted molar refractivity (Wildman–Crippen MR) is 96.9 cm³/mol. The van der Waals surface area contributed by atoms with Gasteiger partial charge in [-0.05, 0) is 54.0 Å². The van der Waals surface area contributed by atoms with Crippen molar-refractivity contribution >= 4 is 40.2 Å². The van der Waals surface area contributed by atoms with E-state index < -0.39 is 5.82 Å². The third-order valence-corrected chi connectivity index (χ3v) is 4.56. The summed E-state index contributed by atoms with van der Waals surface area (Å²) >= 11 is 3.08. The van der Waals surface area contributed by atoms with Crippen LogP contribution in [-0.2, 0) is 4.79 Å². The Hall–Kier alpha value is -1.18. The van der Waals surface area contributed by atoms with Gasteiger partial charge in [0.1, 0.15) is 5.82 Å². The molecule has 1 saturated heterocycles. The van der Waals surface area contributed by atoms with Crippen LogP contribution in [0.1, 0.15) is 23.2 Å². The Labute approximate surface area is 155 Å². The third-order valence-electron chi connectivity index (χ3n) is 3.92. The van der Waals surface area contributed by atoms with Crippen LogP contribution < -0.4 is 10.6 Å². The van der Waals surface area contributed by atoms with Crippen LogP contribution in [0.15, 0.2) is 22.7 Å². The highest BCUT2D eigenvalue weighted by molar-refractivity contribution is 9.10. The Morgan fingerprint density at radius 2 is 2.12 bits per heavy atom. The van der Waals surface area contributed by atoms with Crippen LogP contribution in [-0.4, -0.2) is 49.9 Å². The molecule has 1 atom stereocenters. The van der Waals surface area contributed by atoms with Crippen molar-refractivity contribution in [3.05, 3.63) is 34.1 Å². The molecule has 1 heterocycles. The van der Waals surface area contributed by atoms with E-state index in [0.29, 0.717) is 36.2 Å². The van der Waals surface area contributed by atoms with E-state index in [4.69, 9.17) is 0 Å². The molecule has 2 rings (SSSR count). The summed E-state index contributed by atoms with van der Waals surface area (Å²) in [5.41, 5.74) is 0.307. The first-order valence-electron chi connectivity index (χ1n) is 7.69. The average Bonchev–Trinajstić information content (AvgIpc) is 2.57. The van der Waals surface area contributed by atoms with E-state index in [1.807, 2.05) is 7.05 Å². The average molecular weight is 423 g/mol. The molecule has 2 amide bonds. The van der Waals surface area contributed by atoms with Gasteiger partial charge in [-0.25, -0.2) is 4.39 Å². The Kier molecular flexibility index (Phi) is 8.66. The molecule has 1 unspecified atom stereocenters. The molecule has 1 aromatic rings. The number of hydrogen-bond acceptors (Lipinski definition) is 3. The maximum Gasteiger partial charge on any atom is 0.253 e. The van der Waals surface area contributed by atoms with Gasteiger partial charge in [-0.2, -0.15) is 0 Å². The molecule has 0 aromatic heterocycles. The molecule has 0 aliphatic carbocycles. The summed E-state index contributed by atoms with van der Waals surface area (Å²) in [6, 6.07) is 4.34. The molecule has 8 heteroatoms. The van der Waals surface area contributed by atoms with Crippen molar-refractivity contribution in [3.63, 3.8) is 0 Å². The number of benzene rings is 1. The molecule has 0 radical (unpaired) electrons. The number of halogens is 3. The smallest absolute Gasteiger partial charge is 0.253 e. The van der Waals surface area contributed by atoms with E-state index in [9.17, 15) is 14.0 Å². The summed E-state index contributed by atoms with van der Waals surface area (Å²) in [5.74, 6) is -0.928. The number of likely N-dealkylation sites (N-methyl/N-ethyl adjacent to an activating group) is 1. The number of nitrogens with zero attached hydrogens (tertiary/aromatic N) is 1. The summed E-state index contributed by atoms with van der Waals surface area (Å²) in [7, 11) is 1.82. The molecule has 0 bridgehead atoms. The van der Waals surface area contributed by atoms with Crippen molar-refractivity contribution in [1.82, 2.24) is 15.5 Å². The second-order valence-electron chi connectivity index (χ2n) is 5.61. The fraction of sp³-hybridized carbons (Fsp3) is 0.500. The zero-order valence-corrected chi connectivity index (χ0v) is 15.9. The van der Waals surface area contributed by atoms with E-state index in [1.165, 1.54) is 12.1 Å². The Morgan fingerprint density at radius 1 is 1.38 bits per heavy atom. The first-order valence-corrected chi connectivity index (χ1v) is 8.49. The molecular weight excluding hydrogens is 401 g/mol. The predicted octanol–water partition coefficient (Wildman–Crippen LogP) is 2.20. The van der Waals surface area contributed by atoms with Crippen LogP contribution >= 0.6 is 28.3 Å². The Balaban J connectivity index is 0.00000288. The molecule has 0 saturated carbocycles. The highest BCUT2D eigenvalue weighted by Gasteiger charge is 2.28. The lowest BCUT2D eigenvalue weighted by Crippen LogP contribution is -2.46. The topological polar surface area (TPSA) is 61.4 Å². The minimum absolute atomic E-state index is 0. The van der Waals surface area contributed by atoms with Gasteiger partial charge in [0.05, 0.1) is 10.4 Å². The molecule has 1 aromatic carbocycles. The largest absolute Gasteiger partial charge is 0.355 e. The number of likely N-dealkylation sites (tertiary alicyclic amines) is 1. The van der Waals surface area contributed by atoms with Gasteiger partial charge in [0.2, 0.25) is 5.91 Å². The first-order chi connectivity index (χ1) is 11.0. The molecule has 1 fully saturated rings. The van der Waals surface area contributed by atoms with Gasteiger partial charge in [-0.15, -0.1) is 12.4 Å². The highest BCUT2D eigenvalue weighted by atomic mass is 79.9. The van der Waals surface area contributed by atoms with Crippen LogP contribution in [0.2, 0.25) is 0 Å². The SMILES string of the molecule is CNCCNC(=O)C1CCCN(C(=O)c2ccc(Br)c(F)c2)C1.Cl. The van der Waals surface area contributed by atoms with Crippen LogP contribution in [0.5, 0.6) is 0 Å². The number of nitrogens with one attached hydrogen (secondary N) is 2. The Bertz CT molecular complexity index is 588. The van der Waals surface area contributed by atoms with Crippen LogP contribution in [0.3, 0.4) is 0 Å². The zero-order chi connectivity index (χ0) is 16.8. The fourth-order valence-electron chi connectivity index (χ4n) is 2.64. The van der Waals surface area contributed by atoms with Gasteiger partial charge in [-0.1, -0.05) is 0 Å². The molecule has 1 aliphatic heterocycles. The lowest BCUT2D eigenvalue weighted by Gasteiger charge is -2.32. The van der Waals surface area contributed by atoms with E-state index in [0.717, 1.165) is 12.8 Å². The standard InChI is InChI=1S/C16H21BrFN3O2.ClH/c1-19-6-7-20-15(22)12-3-2-8-21(10-12)16(23)11-4-5-13(17)14(18)9-11;/h4-5,9,12,19H,2-3,6-8,10H2,1H3,(H,20,22);1H. The second-order valence-corrected chi connectivity index (χ2v) is 6.47. The summed E-state index contributed by atoms with van der Waals surface area (Å²) in [6.07, 6.45) is 1.54. The van der Waals surface area contributed by atoms with Crippen molar-refractivity contribution < 1.29 is 14.0 Å². The molecule has 24 heavy (non-hydrogen) atoms. The van der Waals surface area contributed by atoms with Crippen molar-refractivity contribution in [2.45, 2.75) is 12.8 Å². The zero-order valence-electron chi connectivity index (χ0n) is 13.5.